The molecule has 1 aliphatic carbocycles. The molecule has 2 atom stereocenters. The van der Waals surface area contributed by atoms with Gasteiger partial charge in [0, 0.05) is 29.7 Å². The molecule has 0 spiro atoms. The molecule has 0 amide bonds. The normalized spacial score (nSPS) is 27.0. The summed E-state index contributed by atoms with van der Waals surface area (Å²) in [7, 11) is 0. The molecule has 2 unspecified atom stereocenters. The Labute approximate surface area is 88.7 Å². The Morgan fingerprint density at radius 3 is 3.07 bits per heavy atom. The molecular weight excluding hydrogens is 194 g/mol. The molecule has 1 saturated carbocycles. The van der Waals surface area contributed by atoms with E-state index in [4.69, 9.17) is 5.73 Å². The van der Waals surface area contributed by atoms with Gasteiger partial charge >= 0.3 is 0 Å². The SMILES string of the molecule is Cc1cnc(CNC2CCC(N)C2)s1. The number of thiazole rings is 1. The maximum Gasteiger partial charge on any atom is 0.107 e. The van der Waals surface area contributed by atoms with Crippen LogP contribution in [0, 0.1) is 6.92 Å². The van der Waals surface area contributed by atoms with Crippen molar-refractivity contribution in [1.82, 2.24) is 10.3 Å². The van der Waals surface area contributed by atoms with Crippen molar-refractivity contribution in [2.75, 3.05) is 0 Å². The number of nitrogens with zero attached hydrogens (tertiary/aromatic N) is 1. The Balaban J connectivity index is 1.77. The second kappa shape index (κ2) is 4.38. The molecule has 0 saturated heterocycles. The lowest BCUT2D eigenvalue weighted by Crippen LogP contribution is -2.27. The van der Waals surface area contributed by atoms with Crippen LogP contribution in [0.15, 0.2) is 6.20 Å². The largest absolute Gasteiger partial charge is 0.328 e. The van der Waals surface area contributed by atoms with Crippen molar-refractivity contribution in [3.8, 4) is 0 Å². The van der Waals surface area contributed by atoms with Gasteiger partial charge in [-0.05, 0) is 26.2 Å². The van der Waals surface area contributed by atoms with Crippen LogP contribution in [-0.4, -0.2) is 17.1 Å². The van der Waals surface area contributed by atoms with E-state index in [0.717, 1.165) is 19.4 Å². The number of aromatic nitrogens is 1. The lowest BCUT2D eigenvalue weighted by atomic mass is 10.2. The van der Waals surface area contributed by atoms with Gasteiger partial charge in [0.2, 0.25) is 0 Å². The fraction of sp³-hybridized carbons (Fsp3) is 0.700. The molecule has 4 heteroatoms. The Morgan fingerprint density at radius 1 is 1.64 bits per heavy atom. The van der Waals surface area contributed by atoms with Crippen LogP contribution in [0.5, 0.6) is 0 Å². The van der Waals surface area contributed by atoms with Crippen LogP contribution in [0.2, 0.25) is 0 Å². The van der Waals surface area contributed by atoms with Gasteiger partial charge in [0.25, 0.3) is 0 Å². The van der Waals surface area contributed by atoms with Crippen LogP contribution in [0.4, 0.5) is 0 Å². The molecule has 1 fully saturated rings. The predicted octanol–water partition coefficient (Wildman–Crippen LogP) is 1.42. The second-order valence-corrected chi connectivity index (χ2v) is 5.33. The minimum atomic E-state index is 0.408. The summed E-state index contributed by atoms with van der Waals surface area (Å²) in [6, 6.07) is 1.01. The van der Waals surface area contributed by atoms with E-state index in [1.165, 1.54) is 16.3 Å². The first kappa shape index (κ1) is 10.1. The summed E-state index contributed by atoms with van der Waals surface area (Å²) in [6.45, 7) is 2.99. The van der Waals surface area contributed by atoms with Gasteiger partial charge in [-0.2, -0.15) is 0 Å². The molecular formula is C10H17N3S. The zero-order valence-electron chi connectivity index (χ0n) is 8.49. The number of nitrogens with two attached hydrogens (primary N) is 1. The zero-order valence-corrected chi connectivity index (χ0v) is 9.31. The Bertz CT molecular complexity index is 297. The summed E-state index contributed by atoms with van der Waals surface area (Å²) in [5, 5.41) is 4.69. The van der Waals surface area contributed by atoms with E-state index in [-0.39, 0.29) is 0 Å². The van der Waals surface area contributed by atoms with E-state index in [1.54, 1.807) is 11.3 Å². The van der Waals surface area contributed by atoms with Crippen molar-refractivity contribution in [2.24, 2.45) is 5.73 Å². The number of nitrogens with one attached hydrogen (secondary N) is 1. The van der Waals surface area contributed by atoms with Crippen molar-refractivity contribution >= 4 is 11.3 Å². The highest BCUT2D eigenvalue weighted by Gasteiger charge is 2.20. The summed E-state index contributed by atoms with van der Waals surface area (Å²) in [4.78, 5) is 5.60. The Kier molecular flexibility index (Phi) is 3.15. The van der Waals surface area contributed by atoms with Gasteiger partial charge in [-0.3, -0.25) is 0 Å². The summed E-state index contributed by atoms with van der Waals surface area (Å²) in [5.41, 5.74) is 5.85. The molecule has 14 heavy (non-hydrogen) atoms. The maximum atomic E-state index is 5.85. The molecule has 78 valence electrons. The zero-order chi connectivity index (χ0) is 9.97. The lowest BCUT2D eigenvalue weighted by Gasteiger charge is -2.10. The first-order valence-electron chi connectivity index (χ1n) is 5.14. The Morgan fingerprint density at radius 2 is 2.50 bits per heavy atom. The first-order chi connectivity index (χ1) is 6.74. The van der Waals surface area contributed by atoms with Gasteiger partial charge in [0.15, 0.2) is 0 Å². The number of hydrogen-bond acceptors (Lipinski definition) is 4. The first-order valence-corrected chi connectivity index (χ1v) is 5.96. The fourth-order valence-electron chi connectivity index (χ4n) is 1.92. The monoisotopic (exact) mass is 211 g/mol. The molecule has 0 aliphatic heterocycles. The highest BCUT2D eigenvalue weighted by molar-refractivity contribution is 7.11. The average molecular weight is 211 g/mol. The number of rotatable bonds is 3. The highest BCUT2D eigenvalue weighted by Crippen LogP contribution is 2.18. The van der Waals surface area contributed by atoms with E-state index < -0.39 is 0 Å². The minimum Gasteiger partial charge on any atom is -0.328 e. The third-order valence-electron chi connectivity index (χ3n) is 2.68. The standard InChI is InChI=1S/C10H17N3S/c1-7-5-13-10(14-7)6-12-9-3-2-8(11)4-9/h5,8-9,12H,2-4,6,11H2,1H3. The molecule has 0 aromatic carbocycles. The predicted molar refractivity (Wildman–Crippen MR) is 59.3 cm³/mol. The smallest absolute Gasteiger partial charge is 0.107 e. The van der Waals surface area contributed by atoms with E-state index in [2.05, 4.69) is 17.2 Å². The summed E-state index contributed by atoms with van der Waals surface area (Å²) < 4.78 is 0. The molecule has 0 bridgehead atoms. The van der Waals surface area contributed by atoms with E-state index in [0.29, 0.717) is 12.1 Å². The molecule has 1 aromatic heterocycles. The van der Waals surface area contributed by atoms with Crippen LogP contribution < -0.4 is 11.1 Å². The molecule has 1 aliphatic rings. The van der Waals surface area contributed by atoms with E-state index in [1.807, 2.05) is 6.20 Å². The summed E-state index contributed by atoms with van der Waals surface area (Å²) in [5.74, 6) is 0. The topological polar surface area (TPSA) is 50.9 Å². The molecule has 1 heterocycles. The minimum absolute atomic E-state index is 0.408. The fourth-order valence-corrected chi connectivity index (χ4v) is 2.65. The van der Waals surface area contributed by atoms with Crippen molar-refractivity contribution < 1.29 is 0 Å². The van der Waals surface area contributed by atoms with Gasteiger partial charge in [-0.15, -0.1) is 11.3 Å². The molecule has 3 N–H and O–H groups in total. The van der Waals surface area contributed by atoms with Crippen LogP contribution in [-0.2, 0) is 6.54 Å². The number of hydrogen-bond donors (Lipinski definition) is 2. The quantitative estimate of drug-likeness (QED) is 0.795. The highest BCUT2D eigenvalue weighted by atomic mass is 32.1. The van der Waals surface area contributed by atoms with Crippen LogP contribution in [0.1, 0.15) is 29.1 Å². The summed E-state index contributed by atoms with van der Waals surface area (Å²) in [6.07, 6.45) is 5.42. The van der Waals surface area contributed by atoms with Crippen molar-refractivity contribution in [3.63, 3.8) is 0 Å². The molecule has 3 nitrogen and oxygen atoms in total. The van der Waals surface area contributed by atoms with Crippen molar-refractivity contribution in [2.45, 2.75) is 44.8 Å². The second-order valence-electron chi connectivity index (χ2n) is 4.02. The van der Waals surface area contributed by atoms with E-state index >= 15 is 0 Å². The third kappa shape index (κ3) is 2.53. The van der Waals surface area contributed by atoms with Gasteiger partial charge < -0.3 is 11.1 Å². The van der Waals surface area contributed by atoms with Crippen molar-refractivity contribution in [1.29, 1.82) is 0 Å². The third-order valence-corrected chi connectivity index (χ3v) is 3.60. The van der Waals surface area contributed by atoms with Crippen LogP contribution in [0.3, 0.4) is 0 Å². The van der Waals surface area contributed by atoms with Gasteiger partial charge in [-0.1, -0.05) is 0 Å². The van der Waals surface area contributed by atoms with Crippen LogP contribution >= 0.6 is 11.3 Å². The summed E-state index contributed by atoms with van der Waals surface area (Å²) >= 11 is 1.77. The lowest BCUT2D eigenvalue weighted by molar-refractivity contribution is 0.516. The van der Waals surface area contributed by atoms with E-state index in [9.17, 15) is 0 Å². The average Bonchev–Trinajstić information content (AvgIpc) is 2.72. The van der Waals surface area contributed by atoms with Crippen molar-refractivity contribution in [3.05, 3.63) is 16.1 Å². The Hall–Kier alpha value is -0.450. The molecule has 0 radical (unpaired) electrons. The van der Waals surface area contributed by atoms with Gasteiger partial charge in [0.1, 0.15) is 5.01 Å². The molecule has 2 rings (SSSR count). The number of aryl methyl sites for hydroxylation is 1. The maximum absolute atomic E-state index is 5.85. The molecule has 1 aromatic rings. The van der Waals surface area contributed by atoms with Gasteiger partial charge in [-0.25, -0.2) is 4.98 Å². The van der Waals surface area contributed by atoms with Crippen LogP contribution in [0.25, 0.3) is 0 Å². The van der Waals surface area contributed by atoms with Gasteiger partial charge in [0.05, 0.1) is 0 Å².